The smallest absolute Gasteiger partial charge is 0.292 e. The standard InChI is InChI=1S/C18H19N3O5/c22-16(19-14-8-3-4-9-15(14)21(25)26)10-5-11-20-17(23)12-6-1-2-7-13(12)18(20)24/h1-4,8-9,12-13H,5-7,10-11H2,(H,19,22)/t12-,13-/m1/s1. The largest absolute Gasteiger partial charge is 0.320 e. The van der Waals surface area contributed by atoms with Crippen LogP contribution in [-0.2, 0) is 14.4 Å². The Labute approximate surface area is 150 Å². The van der Waals surface area contributed by atoms with Crippen LogP contribution in [0.4, 0.5) is 11.4 Å². The van der Waals surface area contributed by atoms with Gasteiger partial charge in [0.25, 0.3) is 5.69 Å². The van der Waals surface area contributed by atoms with Gasteiger partial charge >= 0.3 is 0 Å². The molecule has 8 heteroatoms. The Morgan fingerprint density at radius 2 is 1.77 bits per heavy atom. The van der Waals surface area contributed by atoms with Crippen LogP contribution in [0, 0.1) is 22.0 Å². The average Bonchev–Trinajstić information content (AvgIpc) is 2.87. The Morgan fingerprint density at radius 1 is 1.15 bits per heavy atom. The van der Waals surface area contributed by atoms with Gasteiger partial charge in [-0.15, -0.1) is 0 Å². The minimum Gasteiger partial charge on any atom is -0.320 e. The summed E-state index contributed by atoms with van der Waals surface area (Å²) < 4.78 is 0. The van der Waals surface area contributed by atoms with Crippen molar-refractivity contribution in [2.45, 2.75) is 25.7 Å². The lowest BCUT2D eigenvalue weighted by Gasteiger charge is -2.14. The Morgan fingerprint density at radius 3 is 2.38 bits per heavy atom. The number of imide groups is 1. The lowest BCUT2D eigenvalue weighted by Crippen LogP contribution is -2.32. The summed E-state index contributed by atoms with van der Waals surface area (Å²) in [7, 11) is 0. The lowest BCUT2D eigenvalue weighted by molar-refractivity contribution is -0.383. The molecule has 1 aromatic carbocycles. The number of allylic oxidation sites excluding steroid dienone is 2. The minimum atomic E-state index is -0.563. The number of hydrogen-bond donors (Lipinski definition) is 1. The number of nitro groups is 1. The number of amides is 3. The van der Waals surface area contributed by atoms with Gasteiger partial charge in [-0.25, -0.2) is 0 Å². The van der Waals surface area contributed by atoms with Crippen molar-refractivity contribution in [3.63, 3.8) is 0 Å². The zero-order chi connectivity index (χ0) is 18.7. The van der Waals surface area contributed by atoms with E-state index >= 15 is 0 Å². The molecule has 1 aliphatic carbocycles. The molecule has 8 nitrogen and oxygen atoms in total. The van der Waals surface area contributed by atoms with Crippen molar-refractivity contribution in [2.75, 3.05) is 11.9 Å². The summed E-state index contributed by atoms with van der Waals surface area (Å²) in [6.45, 7) is 0.189. The molecule has 1 fully saturated rings. The second kappa shape index (κ2) is 7.47. The molecule has 1 aliphatic heterocycles. The van der Waals surface area contributed by atoms with Crippen LogP contribution in [0.25, 0.3) is 0 Å². The predicted molar refractivity (Wildman–Crippen MR) is 93.0 cm³/mol. The summed E-state index contributed by atoms with van der Waals surface area (Å²) >= 11 is 0. The Kier molecular flexibility index (Phi) is 5.11. The number of benzene rings is 1. The molecule has 3 rings (SSSR count). The topological polar surface area (TPSA) is 110 Å². The molecule has 1 aromatic rings. The SMILES string of the molecule is O=C(CCCN1C(=O)[C@@H]2CC=CC[C@H]2C1=O)Nc1ccccc1[N+](=O)[O-]. The maximum absolute atomic E-state index is 12.3. The van der Waals surface area contributed by atoms with Crippen molar-refractivity contribution in [3.05, 3.63) is 46.5 Å². The second-order valence-corrected chi connectivity index (χ2v) is 6.41. The lowest BCUT2D eigenvalue weighted by atomic mass is 9.85. The molecule has 136 valence electrons. The highest BCUT2D eigenvalue weighted by atomic mass is 16.6. The highest BCUT2D eigenvalue weighted by Crippen LogP contribution is 2.35. The number of nitrogens with zero attached hydrogens (tertiary/aromatic N) is 2. The van der Waals surface area contributed by atoms with Crippen LogP contribution in [0.5, 0.6) is 0 Å². The Hall–Kier alpha value is -3.03. The number of para-hydroxylation sites is 2. The van der Waals surface area contributed by atoms with E-state index in [2.05, 4.69) is 5.32 Å². The number of carbonyl (C=O) groups excluding carboxylic acids is 3. The third kappa shape index (κ3) is 3.49. The van der Waals surface area contributed by atoms with E-state index in [1.807, 2.05) is 12.2 Å². The summed E-state index contributed by atoms with van der Waals surface area (Å²) in [5.41, 5.74) is -0.0461. The maximum atomic E-state index is 12.3. The van der Waals surface area contributed by atoms with Crippen molar-refractivity contribution < 1.29 is 19.3 Å². The number of anilines is 1. The molecule has 0 saturated carbocycles. The Balaban J connectivity index is 1.52. The highest BCUT2D eigenvalue weighted by Gasteiger charge is 2.46. The van der Waals surface area contributed by atoms with Gasteiger partial charge in [0.1, 0.15) is 5.69 Å². The number of fused-ring (bicyclic) bond motifs is 1. The van der Waals surface area contributed by atoms with E-state index in [-0.39, 0.29) is 48.0 Å². The first-order valence-electron chi connectivity index (χ1n) is 8.52. The van der Waals surface area contributed by atoms with E-state index in [4.69, 9.17) is 0 Å². The zero-order valence-electron chi connectivity index (χ0n) is 14.1. The summed E-state index contributed by atoms with van der Waals surface area (Å²) in [6.07, 6.45) is 5.41. The number of nitro benzene ring substituents is 1. The molecule has 3 amide bonds. The molecule has 0 radical (unpaired) electrons. The van der Waals surface area contributed by atoms with Gasteiger partial charge in [0.05, 0.1) is 16.8 Å². The third-order valence-corrected chi connectivity index (χ3v) is 4.76. The van der Waals surface area contributed by atoms with Gasteiger partial charge in [-0.2, -0.15) is 0 Å². The normalized spacial score (nSPS) is 21.6. The molecule has 0 spiro atoms. The van der Waals surface area contributed by atoms with Crippen LogP contribution in [-0.4, -0.2) is 34.1 Å². The average molecular weight is 357 g/mol. The fourth-order valence-electron chi connectivity index (χ4n) is 3.44. The van der Waals surface area contributed by atoms with E-state index in [1.165, 1.54) is 23.1 Å². The molecule has 2 atom stereocenters. The first kappa shape index (κ1) is 17.8. The van der Waals surface area contributed by atoms with E-state index in [1.54, 1.807) is 6.07 Å². The van der Waals surface area contributed by atoms with Crippen LogP contribution in [0.15, 0.2) is 36.4 Å². The molecular formula is C18H19N3O5. The number of carbonyl (C=O) groups is 3. The molecule has 1 heterocycles. The molecule has 0 unspecified atom stereocenters. The van der Waals surface area contributed by atoms with Crippen LogP contribution in [0.1, 0.15) is 25.7 Å². The predicted octanol–water partition coefficient (Wildman–Crippen LogP) is 2.26. The maximum Gasteiger partial charge on any atom is 0.292 e. The first-order chi connectivity index (χ1) is 12.5. The number of rotatable bonds is 6. The number of hydrogen-bond acceptors (Lipinski definition) is 5. The van der Waals surface area contributed by atoms with Crippen molar-refractivity contribution in [1.29, 1.82) is 0 Å². The Bertz CT molecular complexity index is 763. The first-order valence-corrected chi connectivity index (χ1v) is 8.52. The fourth-order valence-corrected chi connectivity index (χ4v) is 3.44. The van der Waals surface area contributed by atoms with E-state index in [0.717, 1.165) is 0 Å². The molecule has 26 heavy (non-hydrogen) atoms. The summed E-state index contributed by atoms with van der Waals surface area (Å²) in [5.74, 6) is -1.26. The fraction of sp³-hybridized carbons (Fsp3) is 0.389. The van der Waals surface area contributed by atoms with Crippen molar-refractivity contribution in [3.8, 4) is 0 Å². The van der Waals surface area contributed by atoms with Gasteiger partial charge in [-0.3, -0.25) is 29.4 Å². The summed E-state index contributed by atoms with van der Waals surface area (Å²) in [4.78, 5) is 48.3. The molecule has 1 saturated heterocycles. The van der Waals surface area contributed by atoms with E-state index < -0.39 is 10.8 Å². The van der Waals surface area contributed by atoms with Crippen molar-refractivity contribution >= 4 is 29.1 Å². The summed E-state index contributed by atoms with van der Waals surface area (Å²) in [5, 5.41) is 13.5. The van der Waals surface area contributed by atoms with Crippen LogP contribution >= 0.6 is 0 Å². The van der Waals surface area contributed by atoms with Gasteiger partial charge in [-0.05, 0) is 25.3 Å². The molecule has 0 bridgehead atoms. The summed E-state index contributed by atoms with van der Waals surface area (Å²) in [6, 6.07) is 5.89. The highest BCUT2D eigenvalue weighted by molar-refractivity contribution is 6.05. The van der Waals surface area contributed by atoms with Gasteiger partial charge in [0.15, 0.2) is 0 Å². The van der Waals surface area contributed by atoms with Gasteiger partial charge in [0, 0.05) is 19.0 Å². The van der Waals surface area contributed by atoms with Gasteiger partial charge in [0.2, 0.25) is 17.7 Å². The number of nitrogens with one attached hydrogen (secondary N) is 1. The van der Waals surface area contributed by atoms with Crippen molar-refractivity contribution in [1.82, 2.24) is 4.90 Å². The van der Waals surface area contributed by atoms with Gasteiger partial charge < -0.3 is 5.32 Å². The second-order valence-electron chi connectivity index (χ2n) is 6.41. The monoisotopic (exact) mass is 357 g/mol. The van der Waals surface area contributed by atoms with Crippen molar-refractivity contribution in [2.24, 2.45) is 11.8 Å². The van der Waals surface area contributed by atoms with E-state index in [0.29, 0.717) is 19.3 Å². The van der Waals surface area contributed by atoms with Gasteiger partial charge in [-0.1, -0.05) is 24.3 Å². The molecule has 1 N–H and O–H groups in total. The van der Waals surface area contributed by atoms with Crippen LogP contribution in [0.3, 0.4) is 0 Å². The number of likely N-dealkylation sites (tertiary alicyclic amines) is 1. The minimum absolute atomic E-state index is 0.0662. The van der Waals surface area contributed by atoms with Crippen LogP contribution < -0.4 is 5.32 Å². The van der Waals surface area contributed by atoms with Crippen LogP contribution in [0.2, 0.25) is 0 Å². The molecule has 2 aliphatic rings. The molecule has 0 aromatic heterocycles. The molecular weight excluding hydrogens is 338 g/mol. The zero-order valence-corrected chi connectivity index (χ0v) is 14.1. The third-order valence-electron chi connectivity index (χ3n) is 4.76. The van der Waals surface area contributed by atoms with E-state index in [9.17, 15) is 24.5 Å². The quantitative estimate of drug-likeness (QED) is 0.363.